The number of nitrogens with two attached hydrogens (primary N) is 1. The molecule has 0 bridgehead atoms. The second-order valence-electron chi connectivity index (χ2n) is 5.70. The van der Waals surface area contributed by atoms with E-state index in [-0.39, 0.29) is 18.7 Å². The first-order chi connectivity index (χ1) is 8.26. The van der Waals surface area contributed by atoms with E-state index < -0.39 is 11.5 Å². The normalized spacial score (nSPS) is 20.8. The van der Waals surface area contributed by atoms with Gasteiger partial charge in [-0.2, -0.15) is 0 Å². The van der Waals surface area contributed by atoms with Gasteiger partial charge in [0.25, 0.3) is 0 Å². The van der Waals surface area contributed by atoms with Crippen LogP contribution in [0, 0.1) is 11.8 Å². The van der Waals surface area contributed by atoms with E-state index in [1.807, 2.05) is 0 Å². The Balaban J connectivity index is 2.48. The Kier molecular flexibility index (Phi) is 4.73. The molecule has 0 spiro atoms. The lowest BCUT2D eigenvalue weighted by atomic mass is 9.89. The first-order valence-electron chi connectivity index (χ1n) is 6.56. The number of hydrogen-bond acceptors (Lipinski definition) is 3. The van der Waals surface area contributed by atoms with Crippen LogP contribution in [0.3, 0.4) is 0 Å². The van der Waals surface area contributed by atoms with Crippen molar-refractivity contribution in [3.8, 4) is 0 Å². The topological polar surface area (TPSA) is 83.6 Å². The fourth-order valence-corrected chi connectivity index (χ4v) is 2.01. The van der Waals surface area contributed by atoms with Crippen LogP contribution in [0.2, 0.25) is 0 Å². The van der Waals surface area contributed by atoms with E-state index in [4.69, 9.17) is 5.73 Å². The summed E-state index contributed by atoms with van der Waals surface area (Å²) in [6.45, 7) is 7.07. The van der Waals surface area contributed by atoms with Crippen LogP contribution in [0.15, 0.2) is 0 Å². The summed E-state index contributed by atoms with van der Waals surface area (Å²) < 4.78 is 0. The predicted octanol–water partition coefficient (Wildman–Crippen LogP) is 0.507. The minimum absolute atomic E-state index is 0.0997. The van der Waals surface area contributed by atoms with Crippen LogP contribution in [0.1, 0.15) is 40.0 Å². The molecule has 5 nitrogen and oxygen atoms in total. The monoisotopic (exact) mass is 256 g/mol. The van der Waals surface area contributed by atoms with Crippen LogP contribution in [-0.2, 0) is 9.59 Å². The number of aliphatic hydroxyl groups is 1. The standard InChI is InChI=1S/C13H24N2O3/c1-9(2)10(3)8-11(16)15-6-4-13(18,5-7-15)12(14)17/h9-10,18H,4-8H2,1-3H3,(H2,14,17). The molecule has 0 aromatic rings. The first-order valence-corrected chi connectivity index (χ1v) is 6.56. The molecule has 1 rings (SSSR count). The third-order valence-corrected chi connectivity index (χ3v) is 4.04. The highest BCUT2D eigenvalue weighted by Gasteiger charge is 2.38. The smallest absolute Gasteiger partial charge is 0.249 e. The zero-order chi connectivity index (χ0) is 13.9. The number of hydrogen-bond donors (Lipinski definition) is 2. The lowest BCUT2D eigenvalue weighted by Gasteiger charge is -2.36. The lowest BCUT2D eigenvalue weighted by Crippen LogP contribution is -2.53. The molecule has 1 atom stereocenters. The van der Waals surface area contributed by atoms with Crippen molar-refractivity contribution in [1.82, 2.24) is 4.90 Å². The Morgan fingerprint density at radius 3 is 2.17 bits per heavy atom. The van der Waals surface area contributed by atoms with Gasteiger partial charge in [-0.15, -0.1) is 0 Å². The Bertz CT molecular complexity index is 320. The summed E-state index contributed by atoms with van der Waals surface area (Å²) in [5, 5.41) is 9.91. The fourth-order valence-electron chi connectivity index (χ4n) is 2.01. The van der Waals surface area contributed by atoms with E-state index in [0.717, 1.165) is 0 Å². The number of carbonyl (C=O) groups excluding carboxylic acids is 2. The summed E-state index contributed by atoms with van der Waals surface area (Å²) in [5.74, 6) is 0.226. The minimum atomic E-state index is -1.43. The average molecular weight is 256 g/mol. The van der Waals surface area contributed by atoms with Crippen LogP contribution >= 0.6 is 0 Å². The highest BCUT2D eigenvalue weighted by molar-refractivity contribution is 5.84. The highest BCUT2D eigenvalue weighted by Crippen LogP contribution is 2.23. The van der Waals surface area contributed by atoms with Crippen molar-refractivity contribution in [2.45, 2.75) is 45.6 Å². The molecular formula is C13H24N2O3. The van der Waals surface area contributed by atoms with Gasteiger partial charge in [-0.25, -0.2) is 0 Å². The van der Waals surface area contributed by atoms with E-state index in [1.54, 1.807) is 4.90 Å². The molecule has 1 aliphatic rings. The fraction of sp³-hybridized carbons (Fsp3) is 0.846. The van der Waals surface area contributed by atoms with Gasteiger partial charge in [0.15, 0.2) is 0 Å². The van der Waals surface area contributed by atoms with Gasteiger partial charge in [-0.1, -0.05) is 20.8 Å². The molecular weight excluding hydrogens is 232 g/mol. The Morgan fingerprint density at radius 2 is 1.78 bits per heavy atom. The van der Waals surface area contributed by atoms with E-state index in [1.165, 1.54) is 0 Å². The van der Waals surface area contributed by atoms with Gasteiger partial charge >= 0.3 is 0 Å². The second kappa shape index (κ2) is 5.69. The molecule has 18 heavy (non-hydrogen) atoms. The maximum atomic E-state index is 12.0. The Hall–Kier alpha value is -1.10. The van der Waals surface area contributed by atoms with Crippen molar-refractivity contribution in [3.63, 3.8) is 0 Å². The molecule has 104 valence electrons. The molecule has 0 radical (unpaired) electrons. The van der Waals surface area contributed by atoms with Gasteiger partial charge in [0.05, 0.1) is 0 Å². The summed E-state index contributed by atoms with van der Waals surface area (Å²) in [5.41, 5.74) is 3.72. The van der Waals surface area contributed by atoms with Gasteiger partial charge in [-0.05, 0) is 11.8 Å². The van der Waals surface area contributed by atoms with Crippen molar-refractivity contribution in [1.29, 1.82) is 0 Å². The van der Waals surface area contributed by atoms with Crippen LogP contribution < -0.4 is 5.73 Å². The van der Waals surface area contributed by atoms with Crippen molar-refractivity contribution in [2.24, 2.45) is 17.6 Å². The van der Waals surface area contributed by atoms with E-state index in [9.17, 15) is 14.7 Å². The maximum Gasteiger partial charge on any atom is 0.249 e. The van der Waals surface area contributed by atoms with E-state index in [2.05, 4.69) is 20.8 Å². The number of likely N-dealkylation sites (tertiary alicyclic amines) is 1. The van der Waals surface area contributed by atoms with Gasteiger partial charge in [0, 0.05) is 32.4 Å². The molecule has 0 aromatic carbocycles. The molecule has 1 aliphatic heterocycles. The predicted molar refractivity (Wildman–Crippen MR) is 68.6 cm³/mol. The van der Waals surface area contributed by atoms with E-state index >= 15 is 0 Å². The molecule has 1 fully saturated rings. The molecule has 1 unspecified atom stereocenters. The van der Waals surface area contributed by atoms with Gasteiger partial charge in [0.2, 0.25) is 11.8 Å². The number of nitrogens with zero attached hydrogens (tertiary/aromatic N) is 1. The third kappa shape index (κ3) is 3.45. The summed E-state index contributed by atoms with van der Waals surface area (Å²) in [7, 11) is 0. The lowest BCUT2D eigenvalue weighted by molar-refractivity contribution is -0.147. The molecule has 1 heterocycles. The molecule has 5 heteroatoms. The maximum absolute atomic E-state index is 12.0. The number of carbonyl (C=O) groups is 2. The van der Waals surface area contributed by atoms with Gasteiger partial charge in [-0.3, -0.25) is 9.59 Å². The van der Waals surface area contributed by atoms with Crippen LogP contribution in [0.4, 0.5) is 0 Å². The molecule has 0 aromatic heterocycles. The van der Waals surface area contributed by atoms with Crippen molar-refractivity contribution in [3.05, 3.63) is 0 Å². The van der Waals surface area contributed by atoms with Crippen molar-refractivity contribution in [2.75, 3.05) is 13.1 Å². The Morgan fingerprint density at radius 1 is 1.28 bits per heavy atom. The average Bonchev–Trinajstić information content (AvgIpc) is 2.29. The van der Waals surface area contributed by atoms with E-state index in [0.29, 0.717) is 31.3 Å². The van der Waals surface area contributed by atoms with Crippen molar-refractivity contribution < 1.29 is 14.7 Å². The van der Waals surface area contributed by atoms with Crippen LogP contribution in [0.25, 0.3) is 0 Å². The SMILES string of the molecule is CC(C)C(C)CC(=O)N1CCC(O)(C(N)=O)CC1. The summed E-state index contributed by atoms with van der Waals surface area (Å²) in [6, 6.07) is 0. The Labute approximate surface area is 108 Å². The highest BCUT2D eigenvalue weighted by atomic mass is 16.3. The summed E-state index contributed by atoms with van der Waals surface area (Å²) >= 11 is 0. The van der Waals surface area contributed by atoms with Crippen LogP contribution in [0.5, 0.6) is 0 Å². The summed E-state index contributed by atoms with van der Waals surface area (Å²) in [6.07, 6.45) is 1.00. The largest absolute Gasteiger partial charge is 0.380 e. The van der Waals surface area contributed by atoms with Gasteiger partial charge < -0.3 is 15.7 Å². The van der Waals surface area contributed by atoms with Gasteiger partial charge in [0.1, 0.15) is 5.60 Å². The number of primary amides is 1. The minimum Gasteiger partial charge on any atom is -0.380 e. The number of piperidine rings is 1. The second-order valence-corrected chi connectivity index (χ2v) is 5.70. The zero-order valence-corrected chi connectivity index (χ0v) is 11.5. The zero-order valence-electron chi connectivity index (χ0n) is 11.5. The number of rotatable bonds is 4. The molecule has 1 saturated heterocycles. The first kappa shape index (κ1) is 15.0. The number of amides is 2. The quantitative estimate of drug-likeness (QED) is 0.768. The van der Waals surface area contributed by atoms with Crippen LogP contribution in [-0.4, -0.2) is 40.5 Å². The molecule has 2 amide bonds. The molecule has 3 N–H and O–H groups in total. The third-order valence-electron chi connectivity index (χ3n) is 4.04. The van der Waals surface area contributed by atoms with Crippen molar-refractivity contribution >= 4 is 11.8 Å². The summed E-state index contributed by atoms with van der Waals surface area (Å²) in [4.78, 5) is 24.8. The molecule has 0 saturated carbocycles. The molecule has 0 aliphatic carbocycles.